The number of methoxy groups -OCH3 is 1. The van der Waals surface area contributed by atoms with Gasteiger partial charge in [-0.3, -0.25) is 0 Å². The Morgan fingerprint density at radius 2 is 0.633 bits per heavy atom. The summed E-state index contributed by atoms with van der Waals surface area (Å²) in [5.41, 5.74) is 9.27. The number of aliphatic hydroxyl groups is 5. The third kappa shape index (κ3) is 49.4. The number of ether oxygens (including phenoxy) is 8. The lowest BCUT2D eigenvalue weighted by atomic mass is 9.76. The maximum atomic E-state index is 10.8. The molecule has 8 aromatic rings. The summed E-state index contributed by atoms with van der Waals surface area (Å²) in [5.74, 6) is 8.22. The SMILES string of the molecule is CCCOc1cccc(CCC(O)c2ccccc2)c1.CCCOc1cccc(CCC2(O)CCC2)c1.CCCOc1cccc(CCC2(O)CCCCCCC2)c1.CCCOc1cccc(CCC2CCCCC2O)c1.CCCOc1cccc(CCC2CCCCCCC2)c1.CCCOc1cccc(CCCCCOC)c1.CCCOc1cccc(CCCO)c1. The van der Waals surface area contributed by atoms with Gasteiger partial charge in [0.1, 0.15) is 40.2 Å². The van der Waals surface area contributed by atoms with Gasteiger partial charge in [0.25, 0.3) is 0 Å². The molecule has 5 N–H and O–H groups in total. The van der Waals surface area contributed by atoms with E-state index in [-0.39, 0.29) is 18.3 Å². The van der Waals surface area contributed by atoms with Gasteiger partial charge in [0.15, 0.2) is 0 Å². The van der Waals surface area contributed by atoms with Gasteiger partial charge in [0, 0.05) is 20.3 Å². The molecule has 13 nitrogen and oxygen atoms in total. The van der Waals surface area contributed by atoms with Gasteiger partial charge in [-0.15, -0.1) is 0 Å². The summed E-state index contributed by atoms with van der Waals surface area (Å²) in [4.78, 5) is 0. The quantitative estimate of drug-likeness (QED) is 0.0228. The molecule has 0 bridgehead atoms. The van der Waals surface area contributed by atoms with Crippen LogP contribution >= 0.6 is 0 Å². The minimum absolute atomic E-state index is 0.0757. The second-order valence-electron chi connectivity index (χ2n) is 36.0. The second kappa shape index (κ2) is 69.1. The molecule has 710 valence electrons. The molecule has 4 aliphatic carbocycles. The fourth-order valence-corrected chi connectivity index (χ4v) is 16.7. The van der Waals surface area contributed by atoms with Crippen LogP contribution in [0.2, 0.25) is 0 Å². The van der Waals surface area contributed by atoms with Gasteiger partial charge in [-0.25, -0.2) is 0 Å². The molecule has 128 heavy (non-hydrogen) atoms. The van der Waals surface area contributed by atoms with Crippen LogP contribution in [-0.2, 0) is 49.7 Å². The van der Waals surface area contributed by atoms with Crippen LogP contribution in [0, 0.1) is 11.8 Å². The van der Waals surface area contributed by atoms with Gasteiger partial charge in [0.05, 0.1) is 69.7 Å². The standard InChI is InChI=1S/C19H30O2.C19H30O.C18H22O2.C17H26O2.C15H22O2.C15H24O2.C12H18O2/c1-2-15-21-18-10-8-9-17(16-18)11-14-19(20)12-6-4-3-5-7-13-19;1-2-15-20-19-12-8-11-18(16-19)14-13-17-9-6-4-3-5-7-10-17;1-2-13-20-17-10-6-7-15(14-17)11-12-18(19)16-8-4-3-5-9-16;1-2-12-19-16-8-5-6-14(13-16)10-11-15-7-3-4-9-17(15)18;1-2-11-17-14-6-3-5-13(12-14)7-10-15(16)8-4-9-15;1-3-11-17-15-10-7-9-14(13-15)8-5-4-6-12-16-2;1-2-9-14-12-7-3-5-11(10-12)6-4-8-13/h8-10,16,20H,2-7,11-15H2,1H3;8,11-12,16-17H,2-7,9-10,13-15H2,1H3;3-10,14,18-19H,2,11-13H2,1H3;5-6,8,13,15,17-18H,2-4,7,9-12H2,1H3;3,5-6,12,16H,2,4,7-11H2,1H3;7,9-10,13H,3-6,8,11-12H2,1-2H3;3,5,7,10,13H,2,4,6,8-9H2,1H3. The van der Waals surface area contributed by atoms with Crippen LogP contribution < -0.4 is 33.2 Å². The zero-order valence-electron chi connectivity index (χ0n) is 80.8. The Bertz CT molecular complexity index is 3970. The molecule has 0 heterocycles. The van der Waals surface area contributed by atoms with E-state index in [0.717, 1.165) is 259 Å². The molecular weight excluding hydrogens is 1590 g/mol. The van der Waals surface area contributed by atoms with Crippen LogP contribution in [0.5, 0.6) is 40.2 Å². The molecule has 4 saturated carbocycles. The predicted molar refractivity (Wildman–Crippen MR) is 533 cm³/mol. The van der Waals surface area contributed by atoms with Crippen LogP contribution in [0.15, 0.2) is 200 Å². The molecule has 3 atom stereocenters. The van der Waals surface area contributed by atoms with Crippen molar-refractivity contribution in [1.29, 1.82) is 0 Å². The molecule has 12 rings (SSSR count). The van der Waals surface area contributed by atoms with Crippen molar-refractivity contribution in [2.45, 2.75) is 354 Å². The van der Waals surface area contributed by atoms with Crippen LogP contribution in [0.3, 0.4) is 0 Å². The highest BCUT2D eigenvalue weighted by atomic mass is 16.5. The summed E-state index contributed by atoms with van der Waals surface area (Å²) >= 11 is 0. The molecule has 13 heteroatoms. The first-order chi connectivity index (χ1) is 62.6. The molecule has 4 aliphatic rings. The van der Waals surface area contributed by atoms with Gasteiger partial charge in [-0.2, -0.15) is 0 Å². The molecule has 0 aliphatic heterocycles. The number of rotatable bonds is 46. The minimum atomic E-state index is -0.444. The zero-order valence-corrected chi connectivity index (χ0v) is 80.8. The lowest BCUT2D eigenvalue weighted by Gasteiger charge is -2.36. The fourth-order valence-electron chi connectivity index (χ4n) is 16.7. The third-order valence-electron chi connectivity index (χ3n) is 24.5. The van der Waals surface area contributed by atoms with Gasteiger partial charge in [-0.1, -0.05) is 260 Å². The Morgan fingerprint density at radius 3 is 0.984 bits per heavy atom. The Labute approximate surface area is 776 Å². The molecule has 0 radical (unpaired) electrons. The summed E-state index contributed by atoms with van der Waals surface area (Å²) in [7, 11) is 1.76. The van der Waals surface area contributed by atoms with E-state index in [4.69, 9.17) is 43.0 Å². The van der Waals surface area contributed by atoms with Gasteiger partial charge in [0.2, 0.25) is 0 Å². The minimum Gasteiger partial charge on any atom is -0.494 e. The van der Waals surface area contributed by atoms with Crippen LogP contribution in [-0.4, -0.2) is 109 Å². The summed E-state index contributed by atoms with van der Waals surface area (Å²) in [5, 5.41) is 49.7. The second-order valence-corrected chi connectivity index (χ2v) is 36.0. The first-order valence-corrected chi connectivity index (χ1v) is 50.6. The average molecular weight is 1760 g/mol. The van der Waals surface area contributed by atoms with Crippen molar-refractivity contribution in [2.24, 2.45) is 11.8 Å². The molecule has 0 saturated heterocycles. The van der Waals surface area contributed by atoms with Crippen LogP contribution in [0.1, 0.15) is 337 Å². The Kier molecular flexibility index (Phi) is 58.8. The topological polar surface area (TPSA) is 175 Å². The lowest BCUT2D eigenvalue weighted by molar-refractivity contribution is -0.0398. The van der Waals surface area contributed by atoms with Crippen molar-refractivity contribution in [2.75, 3.05) is 66.6 Å². The van der Waals surface area contributed by atoms with E-state index < -0.39 is 11.7 Å². The summed E-state index contributed by atoms with van der Waals surface area (Å²) in [6, 6.07) is 68.1. The summed E-state index contributed by atoms with van der Waals surface area (Å²) in [6.07, 6.45) is 49.3. The smallest absolute Gasteiger partial charge is 0.119 e. The van der Waals surface area contributed by atoms with Crippen molar-refractivity contribution in [3.8, 4) is 40.2 Å². The van der Waals surface area contributed by atoms with Crippen molar-refractivity contribution in [3.63, 3.8) is 0 Å². The predicted octanol–water partition coefficient (Wildman–Crippen LogP) is 28.3. The van der Waals surface area contributed by atoms with E-state index in [0.29, 0.717) is 5.92 Å². The van der Waals surface area contributed by atoms with E-state index in [1.807, 2.05) is 91.0 Å². The lowest BCUT2D eigenvalue weighted by Crippen LogP contribution is -2.36. The first-order valence-electron chi connectivity index (χ1n) is 50.6. The third-order valence-corrected chi connectivity index (χ3v) is 24.5. The highest BCUT2D eigenvalue weighted by Crippen LogP contribution is 2.37. The Balaban J connectivity index is 0.000000231. The molecule has 0 amide bonds. The maximum Gasteiger partial charge on any atom is 0.119 e. The molecule has 0 aromatic heterocycles. The Hall–Kier alpha value is -7.88. The monoisotopic (exact) mass is 1760 g/mol. The number of hydrogen-bond donors (Lipinski definition) is 5. The van der Waals surface area contributed by atoms with Crippen LogP contribution in [0.4, 0.5) is 0 Å². The number of benzene rings is 8. The number of aliphatic hydroxyl groups excluding tert-OH is 3. The number of hydrogen-bond acceptors (Lipinski definition) is 13. The first kappa shape index (κ1) is 109. The zero-order chi connectivity index (χ0) is 91.4. The van der Waals surface area contributed by atoms with Crippen LogP contribution in [0.25, 0.3) is 0 Å². The van der Waals surface area contributed by atoms with Gasteiger partial charge in [-0.05, 0) is 327 Å². The number of unbranched alkanes of at least 4 members (excludes halogenated alkanes) is 2. The normalized spacial score (nSPS) is 16.0. The highest BCUT2D eigenvalue weighted by molar-refractivity contribution is 5.34. The molecule has 0 spiro atoms. The highest BCUT2D eigenvalue weighted by Gasteiger charge is 2.34. The van der Waals surface area contributed by atoms with Gasteiger partial charge < -0.3 is 63.4 Å². The molecule has 3 unspecified atom stereocenters. The van der Waals surface area contributed by atoms with E-state index in [2.05, 4.69) is 158 Å². The van der Waals surface area contributed by atoms with E-state index in [1.165, 1.54) is 167 Å². The molecule has 8 aromatic carbocycles. The summed E-state index contributed by atoms with van der Waals surface area (Å²) in [6.45, 7) is 21.4. The van der Waals surface area contributed by atoms with E-state index >= 15 is 0 Å². The largest absolute Gasteiger partial charge is 0.494 e. The average Bonchev–Trinajstić information content (AvgIpc) is 0.827. The van der Waals surface area contributed by atoms with E-state index in [9.17, 15) is 20.4 Å². The van der Waals surface area contributed by atoms with Crippen molar-refractivity contribution in [1.82, 2.24) is 0 Å². The van der Waals surface area contributed by atoms with Crippen molar-refractivity contribution < 1.29 is 63.4 Å². The van der Waals surface area contributed by atoms with Crippen molar-refractivity contribution in [3.05, 3.63) is 245 Å². The maximum absolute atomic E-state index is 10.8. The fraction of sp³-hybridized carbons (Fsp3) is 0.583. The van der Waals surface area contributed by atoms with E-state index in [1.54, 1.807) is 7.11 Å². The molecular formula is C115H172O13. The summed E-state index contributed by atoms with van der Waals surface area (Å²) < 4.78 is 44.5. The van der Waals surface area contributed by atoms with Gasteiger partial charge >= 0.3 is 0 Å². The van der Waals surface area contributed by atoms with Crippen molar-refractivity contribution >= 4 is 0 Å². The number of aryl methyl sites for hydroxylation is 7. The molecule has 4 fully saturated rings. The Morgan fingerprint density at radius 1 is 0.312 bits per heavy atom.